The van der Waals surface area contributed by atoms with Crippen LogP contribution >= 0.6 is 11.6 Å². The zero-order valence-electron chi connectivity index (χ0n) is 11.2. The lowest BCUT2D eigenvalue weighted by Gasteiger charge is -2.18. The fourth-order valence-electron chi connectivity index (χ4n) is 1.70. The van der Waals surface area contributed by atoms with Crippen molar-refractivity contribution < 1.29 is 14.3 Å². The molecule has 1 atom stereocenters. The number of aliphatic carboxylic acids is 1. The summed E-state index contributed by atoms with van der Waals surface area (Å²) >= 11 is 5.93. The Balaban J connectivity index is 2.11. The molecule has 0 saturated carbocycles. The third kappa shape index (κ3) is 3.37. The van der Waals surface area contributed by atoms with Gasteiger partial charge in [-0.3, -0.25) is 9.69 Å². The molecule has 0 fully saturated rings. The van der Waals surface area contributed by atoms with Crippen LogP contribution < -0.4 is 0 Å². The molecular formula is C14H15ClN2O3. The van der Waals surface area contributed by atoms with Crippen molar-refractivity contribution >= 4 is 17.6 Å². The Bertz CT molecular complexity index is 612. The summed E-state index contributed by atoms with van der Waals surface area (Å²) in [6.07, 6.45) is 1.61. The van der Waals surface area contributed by atoms with Crippen LogP contribution in [0.15, 0.2) is 34.9 Å². The fraction of sp³-hybridized carbons (Fsp3) is 0.286. The number of likely N-dealkylation sites (N-methyl/N-ethyl adjacent to an activating group) is 1. The lowest BCUT2D eigenvalue weighted by Crippen LogP contribution is -2.35. The Morgan fingerprint density at radius 2 is 2.30 bits per heavy atom. The first-order chi connectivity index (χ1) is 9.47. The Morgan fingerprint density at radius 3 is 2.95 bits per heavy atom. The summed E-state index contributed by atoms with van der Waals surface area (Å²) in [6.45, 7) is 1.94. The van der Waals surface area contributed by atoms with Gasteiger partial charge in [-0.15, -0.1) is 0 Å². The van der Waals surface area contributed by atoms with Crippen LogP contribution in [-0.2, 0) is 11.3 Å². The topological polar surface area (TPSA) is 66.6 Å². The van der Waals surface area contributed by atoms with E-state index in [-0.39, 0.29) is 0 Å². The lowest BCUT2D eigenvalue weighted by molar-refractivity contribution is -0.142. The van der Waals surface area contributed by atoms with Crippen molar-refractivity contribution in [1.82, 2.24) is 9.88 Å². The summed E-state index contributed by atoms with van der Waals surface area (Å²) in [5, 5.41) is 9.56. The SMILES string of the molecule is CC(C(=O)O)N(C)Cc1ncc(-c2cccc(Cl)c2)o1. The molecule has 20 heavy (non-hydrogen) atoms. The summed E-state index contributed by atoms with van der Waals surface area (Å²) < 4.78 is 5.62. The standard InChI is InChI=1S/C14H15ClN2O3/c1-9(14(18)19)17(2)8-13-16-7-12(20-13)10-4-3-5-11(15)6-10/h3-7,9H,8H2,1-2H3,(H,18,19). The summed E-state index contributed by atoms with van der Waals surface area (Å²) in [6, 6.07) is 6.68. The van der Waals surface area contributed by atoms with Crippen molar-refractivity contribution in [2.75, 3.05) is 7.05 Å². The van der Waals surface area contributed by atoms with E-state index >= 15 is 0 Å². The number of nitrogens with zero attached hydrogens (tertiary/aromatic N) is 2. The van der Waals surface area contributed by atoms with Crippen molar-refractivity contribution in [2.45, 2.75) is 19.5 Å². The Kier molecular flexibility index (Phi) is 4.42. The monoisotopic (exact) mass is 294 g/mol. The van der Waals surface area contributed by atoms with Crippen molar-refractivity contribution in [3.63, 3.8) is 0 Å². The average molecular weight is 295 g/mol. The Hall–Kier alpha value is -1.85. The second-order valence-electron chi connectivity index (χ2n) is 4.56. The molecule has 0 radical (unpaired) electrons. The van der Waals surface area contributed by atoms with Crippen molar-refractivity contribution in [1.29, 1.82) is 0 Å². The normalized spacial score (nSPS) is 12.6. The number of oxazole rings is 1. The maximum absolute atomic E-state index is 10.9. The van der Waals surface area contributed by atoms with E-state index in [4.69, 9.17) is 21.1 Å². The van der Waals surface area contributed by atoms with Crippen molar-refractivity contribution in [3.8, 4) is 11.3 Å². The molecule has 1 unspecified atom stereocenters. The van der Waals surface area contributed by atoms with Crippen LogP contribution in [0, 0.1) is 0 Å². The largest absolute Gasteiger partial charge is 0.480 e. The quantitative estimate of drug-likeness (QED) is 0.918. The van der Waals surface area contributed by atoms with Crippen LogP contribution in [0.5, 0.6) is 0 Å². The molecule has 1 aromatic carbocycles. The van der Waals surface area contributed by atoms with E-state index in [1.54, 1.807) is 37.2 Å². The molecule has 1 aromatic heterocycles. The van der Waals surface area contributed by atoms with Crippen LogP contribution in [0.4, 0.5) is 0 Å². The van der Waals surface area contributed by atoms with Crippen LogP contribution in [0.2, 0.25) is 5.02 Å². The van der Waals surface area contributed by atoms with Crippen LogP contribution in [0.3, 0.4) is 0 Å². The van der Waals surface area contributed by atoms with Gasteiger partial charge >= 0.3 is 5.97 Å². The Morgan fingerprint density at radius 1 is 1.55 bits per heavy atom. The van der Waals surface area contributed by atoms with Gasteiger partial charge in [-0.25, -0.2) is 4.98 Å². The van der Waals surface area contributed by atoms with Gasteiger partial charge in [-0.2, -0.15) is 0 Å². The highest BCUT2D eigenvalue weighted by Crippen LogP contribution is 2.23. The molecule has 0 aliphatic carbocycles. The molecule has 0 saturated heterocycles. The van der Waals surface area contributed by atoms with Gasteiger partial charge in [0.1, 0.15) is 6.04 Å². The predicted molar refractivity (Wildman–Crippen MR) is 75.5 cm³/mol. The van der Waals surface area contributed by atoms with E-state index in [2.05, 4.69) is 4.98 Å². The van der Waals surface area contributed by atoms with E-state index < -0.39 is 12.0 Å². The number of carbonyl (C=O) groups is 1. The van der Waals surface area contributed by atoms with Gasteiger partial charge in [-0.1, -0.05) is 23.7 Å². The number of hydrogen-bond acceptors (Lipinski definition) is 4. The van der Waals surface area contributed by atoms with Gasteiger partial charge in [0.25, 0.3) is 0 Å². The second-order valence-corrected chi connectivity index (χ2v) is 4.99. The van der Waals surface area contributed by atoms with E-state index in [1.165, 1.54) is 0 Å². The zero-order chi connectivity index (χ0) is 14.7. The summed E-state index contributed by atoms with van der Waals surface area (Å²) in [5.74, 6) is 0.198. The zero-order valence-corrected chi connectivity index (χ0v) is 12.0. The van der Waals surface area contributed by atoms with Gasteiger partial charge < -0.3 is 9.52 Å². The first-order valence-corrected chi connectivity index (χ1v) is 6.49. The lowest BCUT2D eigenvalue weighted by atomic mass is 10.2. The predicted octanol–water partition coefficient (Wildman–Crippen LogP) is 2.90. The number of aromatic nitrogens is 1. The van der Waals surface area contributed by atoms with Gasteiger partial charge in [0.15, 0.2) is 5.76 Å². The summed E-state index contributed by atoms with van der Waals surface area (Å²) in [7, 11) is 1.71. The number of benzene rings is 1. The van der Waals surface area contributed by atoms with E-state index in [0.29, 0.717) is 23.2 Å². The van der Waals surface area contributed by atoms with E-state index in [0.717, 1.165) is 5.56 Å². The minimum atomic E-state index is -0.880. The molecule has 2 aromatic rings. The summed E-state index contributed by atoms with van der Waals surface area (Å²) in [4.78, 5) is 16.7. The number of carboxylic acids is 1. The van der Waals surface area contributed by atoms with Gasteiger partial charge in [-0.05, 0) is 26.1 Å². The third-order valence-corrected chi connectivity index (χ3v) is 3.30. The molecular weight excluding hydrogens is 280 g/mol. The minimum Gasteiger partial charge on any atom is -0.480 e. The minimum absolute atomic E-state index is 0.327. The smallest absolute Gasteiger partial charge is 0.320 e. The average Bonchev–Trinajstić information content (AvgIpc) is 2.86. The molecule has 5 nitrogen and oxygen atoms in total. The highest BCUT2D eigenvalue weighted by molar-refractivity contribution is 6.30. The fourth-order valence-corrected chi connectivity index (χ4v) is 1.89. The van der Waals surface area contributed by atoms with Crippen LogP contribution in [-0.4, -0.2) is 34.0 Å². The molecule has 6 heteroatoms. The maximum atomic E-state index is 10.9. The molecule has 106 valence electrons. The maximum Gasteiger partial charge on any atom is 0.320 e. The van der Waals surface area contributed by atoms with Gasteiger partial charge in [0, 0.05) is 10.6 Å². The number of halogens is 1. The van der Waals surface area contributed by atoms with Crippen molar-refractivity contribution in [2.24, 2.45) is 0 Å². The first kappa shape index (κ1) is 14.6. The van der Waals surface area contributed by atoms with Gasteiger partial charge in [0.2, 0.25) is 5.89 Å². The molecule has 0 amide bonds. The number of carboxylic acid groups (broad SMARTS) is 1. The van der Waals surface area contributed by atoms with Crippen molar-refractivity contribution in [3.05, 3.63) is 41.4 Å². The molecule has 0 aliphatic heterocycles. The molecule has 1 heterocycles. The van der Waals surface area contributed by atoms with Crippen LogP contribution in [0.1, 0.15) is 12.8 Å². The van der Waals surface area contributed by atoms with E-state index in [9.17, 15) is 4.79 Å². The molecule has 0 spiro atoms. The number of hydrogen-bond donors (Lipinski definition) is 1. The highest BCUT2D eigenvalue weighted by atomic mass is 35.5. The van der Waals surface area contributed by atoms with Crippen LogP contribution in [0.25, 0.3) is 11.3 Å². The van der Waals surface area contributed by atoms with Gasteiger partial charge in [0.05, 0.1) is 12.7 Å². The van der Waals surface area contributed by atoms with E-state index in [1.807, 2.05) is 12.1 Å². The molecule has 0 bridgehead atoms. The third-order valence-electron chi connectivity index (χ3n) is 3.07. The first-order valence-electron chi connectivity index (χ1n) is 6.11. The second kappa shape index (κ2) is 6.07. The molecule has 2 rings (SSSR count). The molecule has 1 N–H and O–H groups in total. The Labute approximate surface area is 121 Å². The summed E-state index contributed by atoms with van der Waals surface area (Å²) in [5.41, 5.74) is 0.838. The number of rotatable bonds is 5. The highest BCUT2D eigenvalue weighted by Gasteiger charge is 2.18. The molecule has 0 aliphatic rings.